The molecule has 1 rings (SSSR count). The first-order valence-corrected chi connectivity index (χ1v) is 6.21. The average Bonchev–Trinajstić information content (AvgIpc) is 2.75. The van der Waals surface area contributed by atoms with Gasteiger partial charge in [-0.05, 0) is 12.8 Å². The summed E-state index contributed by atoms with van der Waals surface area (Å²) in [6.45, 7) is 5.84. The van der Waals surface area contributed by atoms with Gasteiger partial charge >= 0.3 is 0 Å². The molecule has 0 radical (unpaired) electrons. The number of carbonyl (C=O) groups excluding carboxylic acids is 1. The second kappa shape index (κ2) is 5.85. The molecule has 0 fully saturated rings. The number of hydrogen-bond acceptors (Lipinski definition) is 2. The molecule has 1 aliphatic rings. The van der Waals surface area contributed by atoms with Gasteiger partial charge in [0.15, 0.2) is 0 Å². The summed E-state index contributed by atoms with van der Waals surface area (Å²) >= 11 is 0. The molecule has 2 nitrogen and oxygen atoms in total. The van der Waals surface area contributed by atoms with Crippen molar-refractivity contribution >= 4 is 5.78 Å². The Bertz CT molecular complexity index is 351. The Hall–Kier alpha value is -1.31. The summed E-state index contributed by atoms with van der Waals surface area (Å²) in [7, 11) is 0. The van der Waals surface area contributed by atoms with Gasteiger partial charge in [-0.15, -0.1) is 0 Å². The van der Waals surface area contributed by atoms with Gasteiger partial charge in [-0.1, -0.05) is 45.1 Å². The van der Waals surface area contributed by atoms with E-state index in [0.717, 1.165) is 18.4 Å². The van der Waals surface area contributed by atoms with Crippen molar-refractivity contribution < 1.29 is 9.90 Å². The molecule has 0 aromatic carbocycles. The van der Waals surface area contributed by atoms with Gasteiger partial charge < -0.3 is 5.11 Å². The molecule has 0 spiro atoms. The lowest BCUT2D eigenvalue weighted by molar-refractivity contribution is -0.126. The number of aliphatic hydroxyl groups excluding tert-OH is 1. The maximum absolute atomic E-state index is 11.7. The van der Waals surface area contributed by atoms with Crippen LogP contribution in [-0.2, 0) is 4.79 Å². The highest BCUT2D eigenvalue weighted by Gasteiger charge is 2.20. The fourth-order valence-electron chi connectivity index (χ4n) is 1.66. The molecule has 0 bridgehead atoms. The van der Waals surface area contributed by atoms with E-state index in [1.54, 1.807) is 0 Å². The molecule has 0 aromatic heterocycles. The molecule has 1 N–H and O–H groups in total. The van der Waals surface area contributed by atoms with E-state index in [9.17, 15) is 9.90 Å². The van der Waals surface area contributed by atoms with E-state index in [1.807, 2.05) is 45.1 Å². The number of Topliss-reactive ketones (excluding diaryl/α,β-unsaturated/α-hetero) is 1. The smallest absolute Gasteiger partial charge is 0.138 e. The van der Waals surface area contributed by atoms with Crippen LogP contribution in [0.4, 0.5) is 0 Å². The van der Waals surface area contributed by atoms with Crippen LogP contribution < -0.4 is 0 Å². The van der Waals surface area contributed by atoms with E-state index >= 15 is 0 Å². The summed E-state index contributed by atoms with van der Waals surface area (Å²) in [5.74, 6) is 0.725. The highest BCUT2D eigenvalue weighted by Crippen LogP contribution is 2.20. The molecule has 0 saturated carbocycles. The Labute approximate surface area is 104 Å². The molecular weight excluding hydrogens is 212 g/mol. The zero-order valence-corrected chi connectivity index (χ0v) is 11.0. The van der Waals surface area contributed by atoms with Crippen molar-refractivity contribution in [3.8, 4) is 0 Å². The Morgan fingerprint density at radius 3 is 2.18 bits per heavy atom. The fraction of sp³-hybridized carbons (Fsp3) is 0.533. The molecule has 17 heavy (non-hydrogen) atoms. The van der Waals surface area contributed by atoms with Crippen molar-refractivity contribution in [2.75, 3.05) is 0 Å². The molecule has 1 aliphatic carbocycles. The average molecular weight is 234 g/mol. The number of allylic oxidation sites excluding steroid dienone is 6. The SMILES string of the molecule is CC(C)(C)C(=O)CCCCC(O)=C1C=CC=C1. The van der Waals surface area contributed by atoms with Crippen molar-refractivity contribution in [2.24, 2.45) is 5.41 Å². The second-order valence-corrected chi connectivity index (χ2v) is 5.50. The lowest BCUT2D eigenvalue weighted by Gasteiger charge is -2.16. The van der Waals surface area contributed by atoms with Crippen LogP contribution in [-0.4, -0.2) is 10.9 Å². The largest absolute Gasteiger partial charge is 0.512 e. The number of carbonyl (C=O) groups is 1. The lowest BCUT2D eigenvalue weighted by Crippen LogP contribution is -2.19. The Morgan fingerprint density at radius 1 is 1.12 bits per heavy atom. The topological polar surface area (TPSA) is 37.3 Å². The maximum atomic E-state index is 11.7. The number of hydrogen-bond donors (Lipinski definition) is 1. The van der Waals surface area contributed by atoms with E-state index in [-0.39, 0.29) is 5.41 Å². The predicted molar refractivity (Wildman–Crippen MR) is 70.9 cm³/mol. The van der Waals surface area contributed by atoms with Crippen LogP contribution in [0.1, 0.15) is 46.5 Å². The Morgan fingerprint density at radius 2 is 1.65 bits per heavy atom. The van der Waals surface area contributed by atoms with E-state index in [2.05, 4.69) is 0 Å². The molecule has 0 saturated heterocycles. The summed E-state index contributed by atoms with van der Waals surface area (Å²) in [5.41, 5.74) is 0.657. The molecule has 0 atom stereocenters. The number of unbranched alkanes of at least 4 members (excludes halogenated alkanes) is 1. The normalized spacial score (nSPS) is 14.4. The lowest BCUT2D eigenvalue weighted by atomic mass is 9.88. The first-order chi connectivity index (χ1) is 7.91. The van der Waals surface area contributed by atoms with Crippen LogP contribution >= 0.6 is 0 Å². The van der Waals surface area contributed by atoms with Crippen molar-refractivity contribution in [3.05, 3.63) is 35.6 Å². The van der Waals surface area contributed by atoms with Crippen LogP contribution in [0, 0.1) is 5.41 Å². The van der Waals surface area contributed by atoms with Gasteiger partial charge in [-0.25, -0.2) is 0 Å². The van der Waals surface area contributed by atoms with Gasteiger partial charge in [0.2, 0.25) is 0 Å². The van der Waals surface area contributed by atoms with E-state index < -0.39 is 0 Å². The third kappa shape index (κ3) is 4.59. The molecule has 0 aliphatic heterocycles. The molecule has 0 amide bonds. The molecule has 2 heteroatoms. The van der Waals surface area contributed by atoms with Gasteiger partial charge in [-0.3, -0.25) is 4.79 Å². The summed E-state index contributed by atoms with van der Waals surface area (Å²) < 4.78 is 0. The van der Waals surface area contributed by atoms with Gasteiger partial charge in [0.05, 0.1) is 5.76 Å². The minimum Gasteiger partial charge on any atom is -0.512 e. The number of rotatable bonds is 5. The van der Waals surface area contributed by atoms with Crippen molar-refractivity contribution in [2.45, 2.75) is 46.5 Å². The third-order valence-corrected chi connectivity index (χ3v) is 2.90. The number of ketones is 1. The zero-order chi connectivity index (χ0) is 12.9. The van der Waals surface area contributed by atoms with Gasteiger partial charge in [-0.2, -0.15) is 0 Å². The van der Waals surface area contributed by atoms with Gasteiger partial charge in [0.25, 0.3) is 0 Å². The number of aliphatic hydroxyl groups is 1. The second-order valence-electron chi connectivity index (χ2n) is 5.50. The molecular formula is C15H22O2. The summed E-state index contributed by atoms with van der Waals surface area (Å²) in [4.78, 5) is 11.7. The van der Waals surface area contributed by atoms with E-state index in [1.165, 1.54) is 0 Å². The third-order valence-electron chi connectivity index (χ3n) is 2.90. The Kier molecular flexibility index (Phi) is 4.73. The van der Waals surface area contributed by atoms with Crippen LogP contribution in [0.15, 0.2) is 35.6 Å². The van der Waals surface area contributed by atoms with E-state index in [0.29, 0.717) is 24.4 Å². The van der Waals surface area contributed by atoms with Crippen LogP contribution in [0.2, 0.25) is 0 Å². The van der Waals surface area contributed by atoms with Crippen molar-refractivity contribution in [1.29, 1.82) is 0 Å². The monoisotopic (exact) mass is 234 g/mol. The van der Waals surface area contributed by atoms with Crippen LogP contribution in [0.5, 0.6) is 0 Å². The fourth-order valence-corrected chi connectivity index (χ4v) is 1.66. The molecule has 94 valence electrons. The highest BCUT2D eigenvalue weighted by atomic mass is 16.3. The summed E-state index contributed by atoms with van der Waals surface area (Å²) in [6.07, 6.45) is 10.6. The highest BCUT2D eigenvalue weighted by molar-refractivity contribution is 5.83. The zero-order valence-electron chi connectivity index (χ0n) is 11.0. The van der Waals surface area contributed by atoms with Crippen LogP contribution in [0.25, 0.3) is 0 Å². The molecule has 0 heterocycles. The Balaban J connectivity index is 2.26. The minimum absolute atomic E-state index is 0.239. The first-order valence-electron chi connectivity index (χ1n) is 6.21. The van der Waals surface area contributed by atoms with Crippen molar-refractivity contribution in [3.63, 3.8) is 0 Å². The molecule has 0 unspecified atom stereocenters. The maximum Gasteiger partial charge on any atom is 0.138 e. The van der Waals surface area contributed by atoms with Gasteiger partial charge in [0.1, 0.15) is 5.78 Å². The first kappa shape index (κ1) is 13.8. The van der Waals surface area contributed by atoms with Crippen molar-refractivity contribution in [1.82, 2.24) is 0 Å². The summed E-state index contributed by atoms with van der Waals surface area (Å²) in [6, 6.07) is 0. The summed E-state index contributed by atoms with van der Waals surface area (Å²) in [5, 5.41) is 9.77. The standard InChI is InChI=1S/C15H22O2/c1-15(2,3)14(17)11-7-6-10-13(16)12-8-4-5-9-12/h4-5,8-9,16H,6-7,10-11H2,1-3H3. The van der Waals surface area contributed by atoms with Crippen LogP contribution in [0.3, 0.4) is 0 Å². The molecule has 0 aromatic rings. The van der Waals surface area contributed by atoms with Gasteiger partial charge in [0, 0.05) is 23.8 Å². The minimum atomic E-state index is -0.239. The quantitative estimate of drug-likeness (QED) is 0.574. The predicted octanol–water partition coefficient (Wildman–Crippen LogP) is 4.10. The van der Waals surface area contributed by atoms with E-state index in [4.69, 9.17) is 0 Å².